The summed E-state index contributed by atoms with van der Waals surface area (Å²) in [7, 11) is 1.59. The molecule has 1 heterocycles. The van der Waals surface area contributed by atoms with Crippen molar-refractivity contribution in [3.05, 3.63) is 59.5 Å². The summed E-state index contributed by atoms with van der Waals surface area (Å²) in [5.41, 5.74) is 0.562. The molecule has 3 rings (SSSR count). The summed E-state index contributed by atoms with van der Waals surface area (Å²) in [6, 6.07) is 12.5. The zero-order valence-electron chi connectivity index (χ0n) is 12.6. The van der Waals surface area contributed by atoms with Gasteiger partial charge in [0.1, 0.15) is 16.6 Å². The van der Waals surface area contributed by atoms with Crippen LogP contribution in [0.4, 0.5) is 24.7 Å². The number of thiazole rings is 1. The van der Waals surface area contributed by atoms with E-state index in [0.717, 1.165) is 28.5 Å². The Labute approximate surface area is 140 Å². The summed E-state index contributed by atoms with van der Waals surface area (Å²) in [5, 5.41) is 5.44. The molecule has 3 nitrogen and oxygen atoms in total. The highest BCUT2D eigenvalue weighted by Crippen LogP contribution is 2.32. The number of benzene rings is 2. The molecule has 0 saturated heterocycles. The highest BCUT2D eigenvalue weighted by Gasteiger charge is 2.30. The van der Waals surface area contributed by atoms with Crippen LogP contribution in [-0.4, -0.2) is 12.1 Å². The normalized spacial score (nSPS) is 11.3. The highest BCUT2D eigenvalue weighted by atomic mass is 32.1. The molecule has 24 heavy (non-hydrogen) atoms. The summed E-state index contributed by atoms with van der Waals surface area (Å²) >= 11 is 1.41. The highest BCUT2D eigenvalue weighted by molar-refractivity contribution is 7.13. The first-order valence-corrected chi connectivity index (χ1v) is 7.88. The zero-order valence-corrected chi connectivity index (χ0v) is 13.4. The van der Waals surface area contributed by atoms with Gasteiger partial charge < -0.3 is 10.1 Å². The van der Waals surface area contributed by atoms with Crippen LogP contribution in [-0.2, 0) is 6.18 Å². The van der Waals surface area contributed by atoms with Crippen LogP contribution in [0.3, 0.4) is 0 Å². The lowest BCUT2D eigenvalue weighted by Gasteiger charge is -2.09. The Balaban J connectivity index is 1.79. The molecule has 1 N–H and O–H groups in total. The van der Waals surface area contributed by atoms with E-state index in [1.54, 1.807) is 18.6 Å². The van der Waals surface area contributed by atoms with E-state index in [4.69, 9.17) is 4.74 Å². The number of hydrogen-bond acceptors (Lipinski definition) is 4. The molecule has 3 aromatic rings. The first kappa shape index (κ1) is 16.3. The zero-order chi connectivity index (χ0) is 17.2. The molecule has 7 heteroatoms. The van der Waals surface area contributed by atoms with Gasteiger partial charge in [0.2, 0.25) is 0 Å². The molecule has 0 spiro atoms. The number of aromatic nitrogens is 1. The number of anilines is 2. The quantitative estimate of drug-likeness (QED) is 0.667. The molecule has 124 valence electrons. The van der Waals surface area contributed by atoms with E-state index in [2.05, 4.69) is 10.3 Å². The Morgan fingerprint density at radius 2 is 1.83 bits per heavy atom. The Kier molecular flexibility index (Phi) is 4.44. The average Bonchev–Trinajstić information content (AvgIpc) is 3.03. The largest absolute Gasteiger partial charge is 0.497 e. The van der Waals surface area contributed by atoms with Crippen LogP contribution < -0.4 is 10.1 Å². The molecule has 2 aromatic carbocycles. The number of rotatable bonds is 4. The van der Waals surface area contributed by atoms with Crippen LogP contribution >= 0.6 is 11.3 Å². The number of hydrogen-bond donors (Lipinski definition) is 1. The van der Waals surface area contributed by atoms with Gasteiger partial charge in [-0.25, -0.2) is 4.98 Å². The molecule has 0 aliphatic heterocycles. The predicted octanol–water partition coefficient (Wildman–Crippen LogP) is 5.58. The molecule has 0 amide bonds. The predicted molar refractivity (Wildman–Crippen MR) is 88.8 cm³/mol. The van der Waals surface area contributed by atoms with E-state index in [1.807, 2.05) is 24.3 Å². The number of nitrogens with zero attached hydrogens (tertiary/aromatic N) is 1. The second-order valence-corrected chi connectivity index (χ2v) is 5.83. The summed E-state index contributed by atoms with van der Waals surface area (Å²) in [5.74, 6) is 1.25. The van der Waals surface area contributed by atoms with Crippen molar-refractivity contribution in [1.82, 2.24) is 4.98 Å². The van der Waals surface area contributed by atoms with Gasteiger partial charge in [-0.05, 0) is 42.5 Å². The molecule has 0 radical (unpaired) electrons. The van der Waals surface area contributed by atoms with Gasteiger partial charge in [-0.3, -0.25) is 0 Å². The van der Waals surface area contributed by atoms with Gasteiger partial charge in [-0.2, -0.15) is 13.2 Å². The fourth-order valence-corrected chi connectivity index (χ4v) is 2.88. The van der Waals surface area contributed by atoms with Crippen molar-refractivity contribution in [1.29, 1.82) is 0 Å². The minimum Gasteiger partial charge on any atom is -0.497 e. The average molecular weight is 350 g/mol. The van der Waals surface area contributed by atoms with Crippen LogP contribution in [0.2, 0.25) is 0 Å². The van der Waals surface area contributed by atoms with Crippen LogP contribution in [0.5, 0.6) is 5.75 Å². The first-order valence-electron chi connectivity index (χ1n) is 7.00. The van der Waals surface area contributed by atoms with Crippen molar-refractivity contribution >= 4 is 22.8 Å². The first-order chi connectivity index (χ1) is 11.5. The molecular formula is C17H13F3N2OS. The van der Waals surface area contributed by atoms with E-state index < -0.39 is 11.7 Å². The summed E-state index contributed by atoms with van der Waals surface area (Å²) < 4.78 is 43.3. The minimum atomic E-state index is -4.37. The second-order valence-electron chi connectivity index (χ2n) is 4.97. The van der Waals surface area contributed by atoms with Crippen molar-refractivity contribution < 1.29 is 17.9 Å². The van der Waals surface area contributed by atoms with Crippen molar-refractivity contribution in [3.63, 3.8) is 0 Å². The van der Waals surface area contributed by atoms with E-state index in [0.29, 0.717) is 11.5 Å². The number of alkyl halides is 3. The molecule has 0 aliphatic rings. The van der Waals surface area contributed by atoms with Gasteiger partial charge in [0, 0.05) is 16.6 Å². The molecule has 0 aliphatic carbocycles. The summed E-state index contributed by atoms with van der Waals surface area (Å²) in [4.78, 5) is 4.41. The molecule has 0 bridgehead atoms. The van der Waals surface area contributed by atoms with E-state index in [9.17, 15) is 13.2 Å². The number of nitrogens with one attached hydrogen (secondary N) is 1. The van der Waals surface area contributed by atoms with Crippen molar-refractivity contribution in [3.8, 4) is 16.3 Å². The molecule has 0 fully saturated rings. The fraction of sp³-hybridized carbons (Fsp3) is 0.118. The monoisotopic (exact) mass is 350 g/mol. The Morgan fingerprint density at radius 1 is 1.08 bits per heavy atom. The van der Waals surface area contributed by atoms with Crippen LogP contribution in [0, 0.1) is 0 Å². The fourth-order valence-electron chi connectivity index (χ4n) is 2.12. The van der Waals surface area contributed by atoms with E-state index in [1.165, 1.54) is 17.4 Å². The van der Waals surface area contributed by atoms with Gasteiger partial charge in [-0.1, -0.05) is 6.07 Å². The lowest BCUT2D eigenvalue weighted by atomic mass is 10.2. The molecule has 0 saturated carbocycles. The van der Waals surface area contributed by atoms with Gasteiger partial charge in [0.15, 0.2) is 0 Å². The maximum atomic E-state index is 12.7. The van der Waals surface area contributed by atoms with Crippen molar-refractivity contribution in [2.24, 2.45) is 0 Å². The van der Waals surface area contributed by atoms with E-state index in [-0.39, 0.29) is 0 Å². The molecule has 1 aromatic heterocycles. The van der Waals surface area contributed by atoms with Crippen LogP contribution in [0.1, 0.15) is 5.56 Å². The lowest BCUT2D eigenvalue weighted by Crippen LogP contribution is -2.05. The maximum absolute atomic E-state index is 12.7. The molecule has 0 unspecified atom stereocenters. The molecule has 0 atom stereocenters. The van der Waals surface area contributed by atoms with Crippen molar-refractivity contribution in [2.75, 3.05) is 12.4 Å². The molecular weight excluding hydrogens is 337 g/mol. The third-order valence-electron chi connectivity index (χ3n) is 3.30. The number of halogens is 3. The van der Waals surface area contributed by atoms with Gasteiger partial charge in [0.05, 0.1) is 12.7 Å². The number of methoxy groups -OCH3 is 1. The van der Waals surface area contributed by atoms with Crippen LogP contribution in [0.15, 0.2) is 53.9 Å². The van der Waals surface area contributed by atoms with Gasteiger partial charge in [-0.15, -0.1) is 11.3 Å². The third kappa shape index (κ3) is 3.68. The standard InChI is InChI=1S/C17H13F3N2OS/c1-23-14-7-5-11(6-8-14)16-22-15(10-24-16)21-13-4-2-3-12(9-13)17(18,19)20/h2-10,21H,1H3. The summed E-state index contributed by atoms with van der Waals surface area (Å²) in [6.07, 6.45) is -4.37. The Morgan fingerprint density at radius 3 is 2.50 bits per heavy atom. The third-order valence-corrected chi connectivity index (χ3v) is 4.19. The minimum absolute atomic E-state index is 0.344. The number of ether oxygens (including phenoxy) is 1. The van der Waals surface area contributed by atoms with Gasteiger partial charge >= 0.3 is 6.18 Å². The lowest BCUT2D eigenvalue weighted by molar-refractivity contribution is -0.137. The summed E-state index contributed by atoms with van der Waals surface area (Å²) in [6.45, 7) is 0. The topological polar surface area (TPSA) is 34.1 Å². The maximum Gasteiger partial charge on any atom is 0.416 e. The smallest absolute Gasteiger partial charge is 0.416 e. The van der Waals surface area contributed by atoms with Crippen molar-refractivity contribution in [2.45, 2.75) is 6.18 Å². The Bertz CT molecular complexity index is 828. The van der Waals surface area contributed by atoms with Crippen LogP contribution in [0.25, 0.3) is 10.6 Å². The SMILES string of the molecule is COc1ccc(-c2nc(Nc3cccc(C(F)(F)F)c3)cs2)cc1. The second kappa shape index (κ2) is 6.52. The van der Waals surface area contributed by atoms with Gasteiger partial charge in [0.25, 0.3) is 0 Å². The Hall–Kier alpha value is -2.54. The van der Waals surface area contributed by atoms with E-state index >= 15 is 0 Å².